The van der Waals surface area contributed by atoms with E-state index in [1.54, 1.807) is 14.0 Å². The number of aliphatic hydroxyl groups excluding tert-OH is 1. The summed E-state index contributed by atoms with van der Waals surface area (Å²) in [4.78, 5) is 11.5. The molecule has 0 aromatic heterocycles. The Bertz CT molecular complexity index is 501. The van der Waals surface area contributed by atoms with Crippen molar-refractivity contribution in [1.82, 2.24) is 0 Å². The summed E-state index contributed by atoms with van der Waals surface area (Å²) in [6.07, 6.45) is 0.541. The Morgan fingerprint density at radius 3 is 2.75 bits per heavy atom. The SMILES string of the molecule is CCOC(=O)[C@@H](O)[C@H]1CC[C@H](CCOCc2ccc(OC)cc2)O1. The van der Waals surface area contributed by atoms with E-state index in [2.05, 4.69) is 0 Å². The van der Waals surface area contributed by atoms with Gasteiger partial charge in [-0.3, -0.25) is 0 Å². The second-order valence-corrected chi connectivity index (χ2v) is 5.76. The predicted molar refractivity (Wildman–Crippen MR) is 87.8 cm³/mol. The molecule has 0 radical (unpaired) electrons. The number of esters is 1. The molecule has 1 aliphatic rings. The van der Waals surface area contributed by atoms with Gasteiger partial charge < -0.3 is 24.1 Å². The summed E-state index contributed by atoms with van der Waals surface area (Å²) in [5.41, 5.74) is 1.08. The van der Waals surface area contributed by atoms with Crippen LogP contribution in [0.1, 0.15) is 31.7 Å². The summed E-state index contributed by atoms with van der Waals surface area (Å²) in [5, 5.41) is 9.89. The van der Waals surface area contributed by atoms with E-state index in [1.165, 1.54) is 0 Å². The number of aliphatic hydroxyl groups is 1. The summed E-state index contributed by atoms with van der Waals surface area (Å²) in [7, 11) is 1.64. The third kappa shape index (κ3) is 5.47. The smallest absolute Gasteiger partial charge is 0.337 e. The molecule has 0 aliphatic carbocycles. The minimum Gasteiger partial charge on any atom is -0.497 e. The molecule has 0 saturated carbocycles. The van der Waals surface area contributed by atoms with Gasteiger partial charge in [0.05, 0.1) is 32.5 Å². The largest absolute Gasteiger partial charge is 0.497 e. The Hall–Kier alpha value is -1.63. The minimum absolute atomic E-state index is 0.00921. The zero-order valence-corrected chi connectivity index (χ0v) is 14.3. The Morgan fingerprint density at radius 2 is 2.08 bits per heavy atom. The summed E-state index contributed by atoms with van der Waals surface area (Å²) >= 11 is 0. The van der Waals surface area contributed by atoms with Crippen molar-refractivity contribution in [3.63, 3.8) is 0 Å². The summed E-state index contributed by atoms with van der Waals surface area (Å²) < 4.78 is 21.3. The molecule has 1 aromatic carbocycles. The summed E-state index contributed by atoms with van der Waals surface area (Å²) in [6.45, 7) is 3.07. The van der Waals surface area contributed by atoms with Gasteiger partial charge in [0, 0.05) is 6.61 Å². The van der Waals surface area contributed by atoms with Gasteiger partial charge in [-0.15, -0.1) is 0 Å². The first-order valence-corrected chi connectivity index (χ1v) is 8.35. The quantitative estimate of drug-likeness (QED) is 0.549. The van der Waals surface area contributed by atoms with E-state index in [4.69, 9.17) is 18.9 Å². The van der Waals surface area contributed by atoms with Crippen molar-refractivity contribution in [2.45, 2.75) is 51.1 Å². The molecule has 1 saturated heterocycles. The second-order valence-electron chi connectivity index (χ2n) is 5.76. The molecule has 1 aromatic rings. The number of carbonyl (C=O) groups is 1. The number of hydrogen-bond acceptors (Lipinski definition) is 6. The van der Waals surface area contributed by atoms with Crippen LogP contribution in [0, 0.1) is 0 Å². The van der Waals surface area contributed by atoms with Gasteiger partial charge in [-0.25, -0.2) is 4.79 Å². The molecule has 0 bridgehead atoms. The zero-order valence-electron chi connectivity index (χ0n) is 14.3. The second kappa shape index (κ2) is 9.61. The molecule has 134 valence electrons. The lowest BCUT2D eigenvalue weighted by molar-refractivity contribution is -0.161. The molecular formula is C18H26O6. The van der Waals surface area contributed by atoms with Gasteiger partial charge >= 0.3 is 5.97 Å². The van der Waals surface area contributed by atoms with Gasteiger partial charge in [0.15, 0.2) is 6.10 Å². The fourth-order valence-corrected chi connectivity index (χ4v) is 2.68. The van der Waals surface area contributed by atoms with E-state index >= 15 is 0 Å². The fraction of sp³-hybridized carbons (Fsp3) is 0.611. The van der Waals surface area contributed by atoms with Crippen molar-refractivity contribution in [3.8, 4) is 5.75 Å². The maximum absolute atomic E-state index is 11.5. The molecule has 1 aliphatic heterocycles. The molecule has 0 spiro atoms. The average molecular weight is 338 g/mol. The van der Waals surface area contributed by atoms with Gasteiger partial charge in [0.25, 0.3) is 0 Å². The molecule has 2 rings (SSSR count). The third-order valence-corrected chi connectivity index (χ3v) is 4.03. The van der Waals surface area contributed by atoms with Crippen LogP contribution in [0.25, 0.3) is 0 Å². The van der Waals surface area contributed by atoms with Crippen LogP contribution < -0.4 is 4.74 Å². The van der Waals surface area contributed by atoms with Crippen LogP contribution in [0.4, 0.5) is 0 Å². The fourth-order valence-electron chi connectivity index (χ4n) is 2.68. The van der Waals surface area contributed by atoms with Crippen LogP contribution in [0.2, 0.25) is 0 Å². The summed E-state index contributed by atoms with van der Waals surface area (Å²) in [5.74, 6) is 0.211. The lowest BCUT2D eigenvalue weighted by Crippen LogP contribution is -2.35. The maximum Gasteiger partial charge on any atom is 0.337 e. The van der Waals surface area contributed by atoms with Crippen LogP contribution in [-0.4, -0.2) is 49.7 Å². The monoisotopic (exact) mass is 338 g/mol. The lowest BCUT2D eigenvalue weighted by atomic mass is 10.1. The van der Waals surface area contributed by atoms with Gasteiger partial charge in [-0.2, -0.15) is 0 Å². The average Bonchev–Trinajstić information content (AvgIpc) is 3.07. The topological polar surface area (TPSA) is 74.2 Å². The minimum atomic E-state index is -1.20. The molecule has 0 unspecified atom stereocenters. The molecule has 1 fully saturated rings. The van der Waals surface area contributed by atoms with E-state index in [9.17, 15) is 9.90 Å². The normalized spacial score (nSPS) is 21.5. The first-order chi connectivity index (χ1) is 11.6. The number of methoxy groups -OCH3 is 1. The van der Waals surface area contributed by atoms with Crippen LogP contribution in [0.15, 0.2) is 24.3 Å². The molecule has 3 atom stereocenters. The van der Waals surface area contributed by atoms with Crippen LogP contribution >= 0.6 is 0 Å². The van der Waals surface area contributed by atoms with Crippen molar-refractivity contribution < 1.29 is 28.8 Å². The number of ether oxygens (including phenoxy) is 4. The van der Waals surface area contributed by atoms with Gasteiger partial charge in [-0.1, -0.05) is 12.1 Å². The molecule has 0 amide bonds. The molecular weight excluding hydrogens is 312 g/mol. The highest BCUT2D eigenvalue weighted by Gasteiger charge is 2.35. The van der Waals surface area contributed by atoms with Crippen LogP contribution in [-0.2, 0) is 25.6 Å². The Balaban J connectivity index is 1.64. The molecule has 1 N–H and O–H groups in total. The highest BCUT2D eigenvalue weighted by atomic mass is 16.6. The lowest BCUT2D eigenvalue weighted by Gasteiger charge is -2.18. The van der Waals surface area contributed by atoms with Gasteiger partial charge in [0.1, 0.15) is 5.75 Å². The van der Waals surface area contributed by atoms with E-state index < -0.39 is 18.2 Å². The summed E-state index contributed by atoms with van der Waals surface area (Å²) in [6, 6.07) is 7.74. The van der Waals surface area contributed by atoms with Crippen LogP contribution in [0.5, 0.6) is 5.75 Å². The number of carbonyl (C=O) groups excluding carboxylic acids is 1. The Labute approximate surface area is 142 Å². The van der Waals surface area contributed by atoms with Crippen molar-refractivity contribution >= 4 is 5.97 Å². The standard InChI is InChI=1S/C18H26O6/c1-3-23-18(20)17(19)16-9-8-15(24-16)10-11-22-12-13-4-6-14(21-2)7-5-13/h4-7,15-17,19H,3,8-12H2,1-2H3/t15-,16-,17+/m1/s1. The van der Waals surface area contributed by atoms with Crippen molar-refractivity contribution in [3.05, 3.63) is 29.8 Å². The highest BCUT2D eigenvalue weighted by molar-refractivity contribution is 5.75. The van der Waals surface area contributed by atoms with E-state index in [1.807, 2.05) is 24.3 Å². The number of rotatable bonds is 9. The highest BCUT2D eigenvalue weighted by Crippen LogP contribution is 2.25. The number of hydrogen-bond donors (Lipinski definition) is 1. The van der Waals surface area contributed by atoms with Gasteiger partial charge in [0.2, 0.25) is 0 Å². The predicted octanol–water partition coefficient (Wildman–Crippen LogP) is 2.07. The zero-order chi connectivity index (χ0) is 17.4. The third-order valence-electron chi connectivity index (χ3n) is 4.03. The number of benzene rings is 1. The molecule has 24 heavy (non-hydrogen) atoms. The molecule has 1 heterocycles. The first-order valence-electron chi connectivity index (χ1n) is 8.35. The van der Waals surface area contributed by atoms with E-state index in [0.29, 0.717) is 19.6 Å². The Morgan fingerprint density at radius 1 is 1.33 bits per heavy atom. The first kappa shape index (κ1) is 18.7. The van der Waals surface area contributed by atoms with E-state index in [-0.39, 0.29) is 12.7 Å². The Kier molecular flexibility index (Phi) is 7.49. The molecule has 6 heteroatoms. The van der Waals surface area contributed by atoms with Crippen LogP contribution in [0.3, 0.4) is 0 Å². The van der Waals surface area contributed by atoms with Gasteiger partial charge in [-0.05, 0) is 43.9 Å². The maximum atomic E-state index is 11.5. The van der Waals surface area contributed by atoms with Crippen molar-refractivity contribution in [1.29, 1.82) is 0 Å². The van der Waals surface area contributed by atoms with Crippen molar-refractivity contribution in [2.24, 2.45) is 0 Å². The molecule has 6 nitrogen and oxygen atoms in total. The van der Waals surface area contributed by atoms with E-state index in [0.717, 1.165) is 24.2 Å². The van der Waals surface area contributed by atoms with Crippen molar-refractivity contribution in [2.75, 3.05) is 20.3 Å².